The lowest BCUT2D eigenvalue weighted by Crippen LogP contribution is -2.25. The molecule has 1 fully saturated rings. The van der Waals surface area contributed by atoms with Crippen LogP contribution in [0.3, 0.4) is 0 Å². The molecule has 3 aromatic rings. The van der Waals surface area contributed by atoms with Gasteiger partial charge in [-0.15, -0.1) is 0 Å². The molecule has 3 aromatic carbocycles. The molecule has 0 aliphatic carbocycles. The SMILES string of the molecule is CC1CCC(CCc2cc(F)c(-c3cc(F)c(C(F)(F)Oc4cc(F)c(F)c(F)c4)c(F)c3)c(F)c2)OC1. The Hall–Kier alpha value is -3.21. The molecule has 0 aromatic heterocycles. The molecule has 1 saturated heterocycles. The fourth-order valence-corrected chi connectivity index (χ4v) is 4.32. The van der Waals surface area contributed by atoms with Gasteiger partial charge in [-0.3, -0.25) is 0 Å². The minimum atomic E-state index is -4.83. The van der Waals surface area contributed by atoms with E-state index in [1.807, 2.05) is 0 Å². The number of alkyl halides is 2. The van der Waals surface area contributed by atoms with Crippen molar-refractivity contribution in [2.24, 2.45) is 5.92 Å². The van der Waals surface area contributed by atoms with Gasteiger partial charge in [0.2, 0.25) is 0 Å². The van der Waals surface area contributed by atoms with E-state index >= 15 is 0 Å². The molecule has 2 atom stereocenters. The van der Waals surface area contributed by atoms with E-state index in [-0.39, 0.29) is 42.4 Å². The second-order valence-corrected chi connectivity index (χ2v) is 9.25. The fraction of sp³-hybridized carbons (Fsp3) is 0.333. The van der Waals surface area contributed by atoms with Crippen molar-refractivity contribution in [3.05, 3.63) is 88.2 Å². The van der Waals surface area contributed by atoms with Crippen molar-refractivity contribution in [3.63, 3.8) is 0 Å². The number of benzene rings is 3. The Kier molecular flexibility index (Phi) is 7.96. The zero-order chi connectivity index (χ0) is 27.8. The van der Waals surface area contributed by atoms with Crippen molar-refractivity contribution in [3.8, 4) is 16.9 Å². The monoisotopic (exact) mass is 548 g/mol. The molecule has 38 heavy (non-hydrogen) atoms. The first-order valence-electron chi connectivity index (χ1n) is 11.7. The number of aryl methyl sites for hydroxylation is 1. The van der Waals surface area contributed by atoms with Gasteiger partial charge in [-0.25, -0.2) is 30.7 Å². The van der Waals surface area contributed by atoms with Gasteiger partial charge in [0.25, 0.3) is 0 Å². The maximum atomic E-state index is 14.8. The van der Waals surface area contributed by atoms with Gasteiger partial charge < -0.3 is 9.47 Å². The van der Waals surface area contributed by atoms with E-state index in [2.05, 4.69) is 11.7 Å². The molecular weight excluding hydrogens is 527 g/mol. The second kappa shape index (κ2) is 10.9. The Bertz CT molecular complexity index is 1270. The van der Waals surface area contributed by atoms with Crippen molar-refractivity contribution in [1.82, 2.24) is 0 Å². The molecule has 0 spiro atoms. The summed E-state index contributed by atoms with van der Waals surface area (Å²) in [6.45, 7) is 2.65. The van der Waals surface area contributed by atoms with E-state index < -0.39 is 69.3 Å². The van der Waals surface area contributed by atoms with Crippen LogP contribution in [-0.2, 0) is 17.3 Å². The summed E-state index contributed by atoms with van der Waals surface area (Å²) in [4.78, 5) is 0. The average Bonchev–Trinajstić information content (AvgIpc) is 2.81. The van der Waals surface area contributed by atoms with E-state index in [0.717, 1.165) is 25.0 Å². The molecule has 0 saturated carbocycles. The van der Waals surface area contributed by atoms with Gasteiger partial charge in [0.05, 0.1) is 11.7 Å². The summed E-state index contributed by atoms with van der Waals surface area (Å²) in [6, 6.07) is 2.65. The van der Waals surface area contributed by atoms with Crippen molar-refractivity contribution in [1.29, 1.82) is 0 Å². The number of rotatable bonds is 7. The van der Waals surface area contributed by atoms with Crippen LogP contribution in [-0.4, -0.2) is 12.7 Å². The Morgan fingerprint density at radius 3 is 1.89 bits per heavy atom. The largest absolute Gasteiger partial charge is 0.432 e. The smallest absolute Gasteiger partial charge is 0.429 e. The van der Waals surface area contributed by atoms with E-state index in [1.54, 1.807) is 0 Å². The van der Waals surface area contributed by atoms with Gasteiger partial charge in [-0.2, -0.15) is 8.78 Å². The van der Waals surface area contributed by atoms with Gasteiger partial charge in [-0.05, 0) is 67.0 Å². The molecule has 0 N–H and O–H groups in total. The Balaban J connectivity index is 1.57. The van der Waals surface area contributed by atoms with E-state index in [9.17, 15) is 39.5 Å². The first-order chi connectivity index (χ1) is 17.9. The molecule has 1 aliphatic heterocycles. The van der Waals surface area contributed by atoms with Gasteiger partial charge in [-0.1, -0.05) is 6.92 Å². The lowest BCUT2D eigenvalue weighted by atomic mass is 9.95. The highest BCUT2D eigenvalue weighted by Crippen LogP contribution is 2.38. The van der Waals surface area contributed by atoms with Gasteiger partial charge in [0, 0.05) is 18.7 Å². The molecule has 1 heterocycles. The first kappa shape index (κ1) is 27.8. The van der Waals surface area contributed by atoms with Crippen molar-refractivity contribution < 1.29 is 49.0 Å². The van der Waals surface area contributed by atoms with Gasteiger partial charge >= 0.3 is 6.11 Å². The van der Waals surface area contributed by atoms with E-state index in [4.69, 9.17) is 4.74 Å². The molecule has 4 rings (SSSR count). The number of ether oxygens (including phenoxy) is 2. The predicted octanol–water partition coefficient (Wildman–Crippen LogP) is 8.20. The molecule has 204 valence electrons. The summed E-state index contributed by atoms with van der Waals surface area (Å²) in [6.07, 6.45) is -2.30. The van der Waals surface area contributed by atoms with Crippen molar-refractivity contribution >= 4 is 0 Å². The minimum absolute atomic E-state index is 0.0560. The summed E-state index contributed by atoms with van der Waals surface area (Å²) in [7, 11) is 0. The highest BCUT2D eigenvalue weighted by atomic mass is 19.3. The van der Waals surface area contributed by atoms with Crippen LogP contribution in [0, 0.1) is 46.6 Å². The standard InChI is InChI=1S/C27H21F9O2/c1-13-2-4-16(37-12-13)5-3-14-6-18(28)24(19(29)7-14)15-8-20(30)25(21(31)9-15)27(35,36)38-17-10-22(32)26(34)23(33)11-17/h6-11,13,16H,2-5,12H2,1H3. The predicted molar refractivity (Wildman–Crippen MR) is 119 cm³/mol. The lowest BCUT2D eigenvalue weighted by molar-refractivity contribution is -0.189. The van der Waals surface area contributed by atoms with E-state index in [0.29, 0.717) is 18.9 Å². The van der Waals surface area contributed by atoms with Crippen LogP contribution in [0.1, 0.15) is 37.3 Å². The van der Waals surface area contributed by atoms with Crippen molar-refractivity contribution in [2.45, 2.75) is 44.8 Å². The quantitative estimate of drug-likeness (QED) is 0.219. The summed E-state index contributed by atoms with van der Waals surface area (Å²) in [5.41, 5.74) is -3.25. The maximum Gasteiger partial charge on any atom is 0.432 e. The topological polar surface area (TPSA) is 18.5 Å². The normalized spacial score (nSPS) is 18.1. The maximum absolute atomic E-state index is 14.8. The number of hydrogen-bond donors (Lipinski definition) is 0. The molecule has 2 unspecified atom stereocenters. The number of halogens is 9. The third-order valence-electron chi connectivity index (χ3n) is 6.28. The zero-order valence-corrected chi connectivity index (χ0v) is 19.9. The summed E-state index contributed by atoms with van der Waals surface area (Å²) in [5.74, 6) is -12.7. The fourth-order valence-electron chi connectivity index (χ4n) is 4.32. The first-order valence-corrected chi connectivity index (χ1v) is 11.7. The van der Waals surface area contributed by atoms with Crippen LogP contribution in [0.25, 0.3) is 11.1 Å². The van der Waals surface area contributed by atoms with Crippen LogP contribution < -0.4 is 4.74 Å². The second-order valence-electron chi connectivity index (χ2n) is 9.25. The molecular formula is C27H21F9O2. The van der Waals surface area contributed by atoms with Crippen LogP contribution in [0.2, 0.25) is 0 Å². The third kappa shape index (κ3) is 5.92. The minimum Gasteiger partial charge on any atom is -0.429 e. The summed E-state index contributed by atoms with van der Waals surface area (Å²) < 4.78 is 137. The van der Waals surface area contributed by atoms with E-state index in [1.165, 1.54) is 0 Å². The number of hydrogen-bond acceptors (Lipinski definition) is 2. The molecule has 0 radical (unpaired) electrons. The Morgan fingerprint density at radius 2 is 1.37 bits per heavy atom. The van der Waals surface area contributed by atoms with Crippen molar-refractivity contribution in [2.75, 3.05) is 6.61 Å². The highest BCUT2D eigenvalue weighted by Gasteiger charge is 2.42. The Labute approximate surface area is 212 Å². The van der Waals surface area contributed by atoms with Gasteiger partial charge in [0.1, 0.15) is 34.6 Å². The lowest BCUT2D eigenvalue weighted by Gasteiger charge is -2.26. The summed E-state index contributed by atoms with van der Waals surface area (Å²) >= 11 is 0. The van der Waals surface area contributed by atoms with Crippen LogP contribution >= 0.6 is 0 Å². The Morgan fingerprint density at radius 1 is 0.789 bits per heavy atom. The zero-order valence-electron chi connectivity index (χ0n) is 19.9. The van der Waals surface area contributed by atoms with Crippen LogP contribution in [0.5, 0.6) is 5.75 Å². The van der Waals surface area contributed by atoms with Gasteiger partial charge in [0.15, 0.2) is 17.5 Å². The molecule has 11 heteroatoms. The summed E-state index contributed by atoms with van der Waals surface area (Å²) in [5, 5.41) is 0. The molecule has 1 aliphatic rings. The average molecular weight is 548 g/mol. The molecule has 2 nitrogen and oxygen atoms in total. The highest BCUT2D eigenvalue weighted by molar-refractivity contribution is 5.66. The third-order valence-corrected chi connectivity index (χ3v) is 6.28. The molecule has 0 amide bonds. The van der Waals surface area contributed by atoms with Crippen LogP contribution in [0.4, 0.5) is 39.5 Å². The van der Waals surface area contributed by atoms with Crippen LogP contribution in [0.15, 0.2) is 36.4 Å². The molecule has 0 bridgehead atoms.